The minimum absolute atomic E-state index is 0.339. The lowest BCUT2D eigenvalue weighted by Crippen LogP contribution is -2.50. The molecule has 0 spiro atoms. The molecule has 1 fully saturated rings. The van der Waals surface area contributed by atoms with E-state index in [0.717, 1.165) is 22.6 Å². The zero-order valence-electron chi connectivity index (χ0n) is 18.4. The maximum absolute atomic E-state index is 12.9. The van der Waals surface area contributed by atoms with Gasteiger partial charge in [0.05, 0.1) is 0 Å². The van der Waals surface area contributed by atoms with Crippen LogP contribution in [0.15, 0.2) is 48.5 Å². The molecule has 1 atom stereocenters. The minimum Gasteiger partial charge on any atom is -0.483 e. The third-order valence-corrected chi connectivity index (χ3v) is 5.67. The zero-order valence-corrected chi connectivity index (χ0v) is 18.4. The summed E-state index contributed by atoms with van der Waals surface area (Å²) < 4.78 is 11.6. The van der Waals surface area contributed by atoms with E-state index in [1.807, 2.05) is 56.3 Å². The smallest absolute Gasteiger partial charge is 0.344 e. The number of carbonyl (C=O) groups is 3. The number of ether oxygens (including phenoxy) is 2. The fourth-order valence-corrected chi connectivity index (χ4v) is 4.00. The highest BCUT2D eigenvalue weighted by atomic mass is 16.5. The van der Waals surface area contributed by atoms with Crippen molar-refractivity contribution in [2.24, 2.45) is 0 Å². The van der Waals surface area contributed by atoms with Gasteiger partial charge in [-0.25, -0.2) is 4.79 Å². The molecular formula is C24H27N3O5. The van der Waals surface area contributed by atoms with Crippen molar-refractivity contribution in [2.45, 2.75) is 51.2 Å². The normalized spacial score (nSPS) is 21.0. The van der Waals surface area contributed by atoms with E-state index in [4.69, 9.17) is 9.47 Å². The molecule has 0 aliphatic carbocycles. The third kappa shape index (κ3) is 4.39. The molecule has 0 saturated carbocycles. The van der Waals surface area contributed by atoms with Crippen LogP contribution in [0.1, 0.15) is 38.3 Å². The standard InChI is InChI=1S/C24H27N3O5/c1-23(2)14-17-10-7-11-18(20(17)32-23)31-15-19(28)26-27-21(29)24(3,25-22(27)30)13-12-16-8-5-4-6-9-16/h4-11H,12-15H2,1-3H3,(H,25,30)(H,26,28)/t24-/m1/s1. The number of amides is 4. The molecule has 0 unspecified atom stereocenters. The van der Waals surface area contributed by atoms with Gasteiger partial charge in [0.2, 0.25) is 0 Å². The number of fused-ring (bicyclic) bond motifs is 1. The largest absolute Gasteiger partial charge is 0.483 e. The van der Waals surface area contributed by atoms with Crippen molar-refractivity contribution < 1.29 is 23.9 Å². The lowest BCUT2D eigenvalue weighted by atomic mass is 9.93. The summed E-state index contributed by atoms with van der Waals surface area (Å²) in [6.45, 7) is 5.26. The maximum atomic E-state index is 12.9. The second-order valence-electron chi connectivity index (χ2n) is 9.00. The highest BCUT2D eigenvalue weighted by Crippen LogP contribution is 2.41. The number of nitrogens with one attached hydrogen (secondary N) is 2. The predicted molar refractivity (Wildman–Crippen MR) is 117 cm³/mol. The van der Waals surface area contributed by atoms with Crippen molar-refractivity contribution in [3.05, 3.63) is 59.7 Å². The van der Waals surface area contributed by atoms with Gasteiger partial charge < -0.3 is 14.8 Å². The van der Waals surface area contributed by atoms with E-state index in [1.165, 1.54) is 0 Å². The van der Waals surface area contributed by atoms with Crippen LogP contribution in [0.25, 0.3) is 0 Å². The molecule has 2 N–H and O–H groups in total. The van der Waals surface area contributed by atoms with E-state index < -0.39 is 23.4 Å². The van der Waals surface area contributed by atoms with Crippen LogP contribution in [-0.4, -0.2) is 40.6 Å². The highest BCUT2D eigenvalue weighted by molar-refractivity contribution is 6.07. The van der Waals surface area contributed by atoms with Crippen LogP contribution in [0, 0.1) is 0 Å². The molecule has 4 rings (SSSR count). The number of carbonyl (C=O) groups excluding carboxylic acids is 3. The predicted octanol–water partition coefficient (Wildman–Crippen LogP) is 2.75. The lowest BCUT2D eigenvalue weighted by Gasteiger charge is -2.21. The van der Waals surface area contributed by atoms with Crippen molar-refractivity contribution in [3.63, 3.8) is 0 Å². The summed E-state index contributed by atoms with van der Waals surface area (Å²) in [6, 6.07) is 14.6. The number of aryl methyl sites for hydroxylation is 1. The van der Waals surface area contributed by atoms with Crippen molar-refractivity contribution in [2.75, 3.05) is 6.61 Å². The quantitative estimate of drug-likeness (QED) is 0.650. The number of urea groups is 1. The van der Waals surface area contributed by atoms with Crippen LogP contribution in [0.4, 0.5) is 4.79 Å². The van der Waals surface area contributed by atoms with Gasteiger partial charge in [0, 0.05) is 12.0 Å². The van der Waals surface area contributed by atoms with Gasteiger partial charge in [-0.2, -0.15) is 5.01 Å². The molecule has 168 valence electrons. The van der Waals surface area contributed by atoms with E-state index in [2.05, 4.69) is 10.7 Å². The van der Waals surface area contributed by atoms with Crippen molar-refractivity contribution in [1.29, 1.82) is 0 Å². The summed E-state index contributed by atoms with van der Waals surface area (Å²) in [5.74, 6) is -0.0463. The van der Waals surface area contributed by atoms with Gasteiger partial charge in [-0.3, -0.25) is 15.0 Å². The first kappa shape index (κ1) is 21.7. The topological polar surface area (TPSA) is 97.0 Å². The average molecular weight is 437 g/mol. The Labute approximate surface area is 186 Å². The molecule has 2 aromatic carbocycles. The number of hydrogen-bond acceptors (Lipinski definition) is 5. The van der Waals surface area contributed by atoms with Gasteiger partial charge in [-0.15, -0.1) is 0 Å². The van der Waals surface area contributed by atoms with E-state index in [9.17, 15) is 14.4 Å². The molecular weight excluding hydrogens is 410 g/mol. The van der Waals surface area contributed by atoms with Crippen LogP contribution in [0.5, 0.6) is 11.5 Å². The molecule has 2 aliphatic heterocycles. The van der Waals surface area contributed by atoms with E-state index in [-0.39, 0.29) is 12.2 Å². The first-order chi connectivity index (χ1) is 15.2. The Morgan fingerprint density at radius 1 is 1.12 bits per heavy atom. The Hall–Kier alpha value is -3.55. The Bertz CT molecular complexity index is 1050. The first-order valence-corrected chi connectivity index (χ1v) is 10.6. The molecule has 2 aromatic rings. The van der Waals surface area contributed by atoms with Gasteiger partial charge in [0.15, 0.2) is 18.1 Å². The Morgan fingerprint density at radius 3 is 2.62 bits per heavy atom. The number of para-hydroxylation sites is 1. The minimum atomic E-state index is -1.10. The number of nitrogens with zero attached hydrogens (tertiary/aromatic N) is 1. The molecule has 1 saturated heterocycles. The molecule has 8 heteroatoms. The summed E-state index contributed by atoms with van der Waals surface area (Å²) in [7, 11) is 0. The maximum Gasteiger partial charge on any atom is 0.344 e. The SMILES string of the molecule is CC1(C)Cc2cccc(OCC(=O)NN3C(=O)N[C@](C)(CCc4ccccc4)C3=O)c2O1. The summed E-state index contributed by atoms with van der Waals surface area (Å²) in [5, 5.41) is 3.41. The fourth-order valence-electron chi connectivity index (χ4n) is 4.00. The lowest BCUT2D eigenvalue weighted by molar-refractivity contribution is -0.139. The van der Waals surface area contributed by atoms with Gasteiger partial charge in [-0.1, -0.05) is 42.5 Å². The summed E-state index contributed by atoms with van der Waals surface area (Å²) in [4.78, 5) is 37.7. The van der Waals surface area contributed by atoms with E-state index in [0.29, 0.717) is 24.3 Å². The number of rotatable bonds is 7. The van der Waals surface area contributed by atoms with Crippen molar-refractivity contribution >= 4 is 17.8 Å². The molecule has 8 nitrogen and oxygen atoms in total. The molecule has 32 heavy (non-hydrogen) atoms. The van der Waals surface area contributed by atoms with Crippen LogP contribution in [-0.2, 0) is 22.4 Å². The number of benzene rings is 2. The van der Waals surface area contributed by atoms with Crippen LogP contribution >= 0.6 is 0 Å². The van der Waals surface area contributed by atoms with Crippen LogP contribution in [0.2, 0.25) is 0 Å². The Morgan fingerprint density at radius 2 is 1.88 bits per heavy atom. The third-order valence-electron chi connectivity index (χ3n) is 5.67. The van der Waals surface area contributed by atoms with E-state index >= 15 is 0 Å². The highest BCUT2D eigenvalue weighted by Gasteiger charge is 2.48. The Balaban J connectivity index is 1.34. The Kier molecular flexibility index (Phi) is 5.54. The van der Waals surface area contributed by atoms with Crippen molar-refractivity contribution in [3.8, 4) is 11.5 Å². The fraction of sp³-hybridized carbons (Fsp3) is 0.375. The second kappa shape index (κ2) is 8.18. The molecule has 0 bridgehead atoms. The zero-order chi connectivity index (χ0) is 22.9. The number of hydrazine groups is 1. The van der Waals surface area contributed by atoms with Gasteiger partial charge in [-0.05, 0) is 45.2 Å². The molecule has 4 amide bonds. The molecule has 2 heterocycles. The van der Waals surface area contributed by atoms with Gasteiger partial charge >= 0.3 is 6.03 Å². The van der Waals surface area contributed by atoms with E-state index in [1.54, 1.807) is 13.0 Å². The monoisotopic (exact) mass is 437 g/mol. The van der Waals surface area contributed by atoms with Gasteiger partial charge in [0.25, 0.3) is 11.8 Å². The molecule has 0 radical (unpaired) electrons. The summed E-state index contributed by atoms with van der Waals surface area (Å²) in [6.07, 6.45) is 1.77. The number of imide groups is 1. The first-order valence-electron chi connectivity index (χ1n) is 10.6. The molecule has 0 aromatic heterocycles. The summed E-state index contributed by atoms with van der Waals surface area (Å²) in [5.41, 5.74) is 2.99. The second-order valence-corrected chi connectivity index (χ2v) is 9.00. The summed E-state index contributed by atoms with van der Waals surface area (Å²) >= 11 is 0. The average Bonchev–Trinajstić information content (AvgIpc) is 3.18. The molecule has 2 aliphatic rings. The van der Waals surface area contributed by atoms with Crippen LogP contribution in [0.3, 0.4) is 0 Å². The van der Waals surface area contributed by atoms with Crippen molar-refractivity contribution in [1.82, 2.24) is 15.8 Å². The number of hydrogen-bond donors (Lipinski definition) is 2. The van der Waals surface area contributed by atoms with Gasteiger partial charge in [0.1, 0.15) is 11.1 Å². The van der Waals surface area contributed by atoms with Crippen LogP contribution < -0.4 is 20.2 Å².